The van der Waals surface area contributed by atoms with Crippen LogP contribution in [-0.4, -0.2) is 6.10 Å². The molecule has 2 rings (SSSR count). The molecule has 0 saturated heterocycles. The summed E-state index contributed by atoms with van der Waals surface area (Å²) in [7, 11) is 0. The van der Waals surface area contributed by atoms with Crippen molar-refractivity contribution in [1.29, 1.82) is 0 Å². The topological polar surface area (TPSA) is 9.23 Å². The second-order valence-corrected chi connectivity index (χ2v) is 3.39. The lowest BCUT2D eigenvalue weighted by Crippen LogP contribution is -2.00. The molecule has 1 fully saturated rings. The van der Waals surface area contributed by atoms with E-state index in [1.54, 1.807) is 6.07 Å². The van der Waals surface area contributed by atoms with Gasteiger partial charge in [0, 0.05) is 5.56 Å². The molecule has 0 radical (unpaired) electrons. The van der Waals surface area contributed by atoms with E-state index in [2.05, 4.69) is 0 Å². The van der Waals surface area contributed by atoms with Crippen molar-refractivity contribution in [3.05, 3.63) is 29.6 Å². The van der Waals surface area contributed by atoms with Gasteiger partial charge in [-0.2, -0.15) is 0 Å². The molecule has 0 bridgehead atoms. The predicted molar refractivity (Wildman–Crippen MR) is 49.4 cm³/mol. The molecule has 1 aromatic carbocycles. The average molecular weight is 180 g/mol. The van der Waals surface area contributed by atoms with E-state index < -0.39 is 0 Å². The molecule has 1 aliphatic carbocycles. The first-order valence-electron chi connectivity index (χ1n) is 4.75. The highest BCUT2D eigenvalue weighted by Gasteiger charge is 2.24. The summed E-state index contributed by atoms with van der Waals surface area (Å²) in [4.78, 5) is 0. The summed E-state index contributed by atoms with van der Waals surface area (Å²) in [5.41, 5.74) is 0.703. The van der Waals surface area contributed by atoms with Crippen molar-refractivity contribution >= 4 is 0 Å². The quantitative estimate of drug-likeness (QED) is 0.695. The molecule has 1 aromatic rings. The van der Waals surface area contributed by atoms with Crippen LogP contribution in [0, 0.1) is 5.82 Å². The zero-order valence-corrected chi connectivity index (χ0v) is 7.72. The molecular formula is C11H13FO. The van der Waals surface area contributed by atoms with E-state index in [1.165, 1.54) is 6.07 Å². The van der Waals surface area contributed by atoms with Crippen LogP contribution in [0.4, 0.5) is 4.39 Å². The second-order valence-electron chi connectivity index (χ2n) is 3.39. The molecule has 70 valence electrons. The van der Waals surface area contributed by atoms with Gasteiger partial charge in [-0.25, -0.2) is 4.39 Å². The number of ether oxygens (including phenoxy) is 1. The van der Waals surface area contributed by atoms with E-state index in [9.17, 15) is 4.39 Å². The largest absolute Gasteiger partial charge is 0.490 e. The summed E-state index contributed by atoms with van der Waals surface area (Å²) in [5.74, 6) is 0.575. The molecule has 0 amide bonds. The van der Waals surface area contributed by atoms with Crippen molar-refractivity contribution in [2.45, 2.75) is 32.3 Å². The Labute approximate surface area is 77.5 Å². The molecule has 0 atom stereocenters. The van der Waals surface area contributed by atoms with Crippen LogP contribution in [0.2, 0.25) is 0 Å². The van der Waals surface area contributed by atoms with E-state index in [-0.39, 0.29) is 5.82 Å². The normalized spacial score (nSPS) is 15.8. The highest BCUT2D eigenvalue weighted by atomic mass is 19.1. The summed E-state index contributed by atoms with van der Waals surface area (Å²) in [6.07, 6.45) is 3.25. The van der Waals surface area contributed by atoms with Gasteiger partial charge in [0.25, 0.3) is 0 Å². The van der Waals surface area contributed by atoms with Crippen LogP contribution in [0.15, 0.2) is 18.2 Å². The van der Waals surface area contributed by atoms with Crippen LogP contribution in [0.3, 0.4) is 0 Å². The summed E-state index contributed by atoms with van der Waals surface area (Å²) in [6, 6.07) is 5.03. The fourth-order valence-corrected chi connectivity index (χ4v) is 1.36. The lowest BCUT2D eigenvalue weighted by Gasteiger charge is -2.09. The molecule has 0 spiro atoms. The molecule has 0 aromatic heterocycles. The van der Waals surface area contributed by atoms with Crippen LogP contribution in [0.25, 0.3) is 0 Å². The maximum absolute atomic E-state index is 13.2. The lowest BCUT2D eigenvalue weighted by atomic mass is 10.1. The van der Waals surface area contributed by atoms with Crippen molar-refractivity contribution in [3.63, 3.8) is 0 Å². The molecule has 1 saturated carbocycles. The smallest absolute Gasteiger partial charge is 0.130 e. The van der Waals surface area contributed by atoms with Crippen LogP contribution >= 0.6 is 0 Å². The van der Waals surface area contributed by atoms with Gasteiger partial charge in [0.2, 0.25) is 0 Å². The molecule has 2 heteroatoms. The highest BCUT2D eigenvalue weighted by molar-refractivity contribution is 5.35. The monoisotopic (exact) mass is 180 g/mol. The molecule has 0 N–H and O–H groups in total. The van der Waals surface area contributed by atoms with Crippen molar-refractivity contribution < 1.29 is 9.13 Å². The SMILES string of the molecule is CCc1c(F)cccc1OC1CC1. The third-order valence-electron chi connectivity index (χ3n) is 2.25. The second kappa shape index (κ2) is 3.36. The van der Waals surface area contributed by atoms with Crippen molar-refractivity contribution in [2.75, 3.05) is 0 Å². The van der Waals surface area contributed by atoms with Gasteiger partial charge in [0.05, 0.1) is 6.10 Å². The predicted octanol–water partition coefficient (Wildman–Crippen LogP) is 2.93. The number of benzene rings is 1. The van der Waals surface area contributed by atoms with E-state index in [1.807, 2.05) is 13.0 Å². The lowest BCUT2D eigenvalue weighted by molar-refractivity contribution is 0.298. The Morgan fingerprint density at radius 3 is 2.85 bits per heavy atom. The number of rotatable bonds is 3. The summed E-state index contributed by atoms with van der Waals surface area (Å²) >= 11 is 0. The standard InChI is InChI=1S/C11H13FO/c1-2-9-10(12)4-3-5-11(9)13-8-6-7-8/h3-5,8H,2,6-7H2,1H3. The van der Waals surface area contributed by atoms with Gasteiger partial charge in [-0.05, 0) is 31.4 Å². The van der Waals surface area contributed by atoms with Crippen molar-refractivity contribution in [1.82, 2.24) is 0 Å². The zero-order valence-electron chi connectivity index (χ0n) is 7.72. The Kier molecular flexibility index (Phi) is 2.21. The minimum atomic E-state index is -0.152. The Bertz CT molecular complexity index is 305. The Morgan fingerprint density at radius 2 is 2.23 bits per heavy atom. The minimum absolute atomic E-state index is 0.152. The summed E-state index contributed by atoms with van der Waals surface area (Å²) in [5, 5.41) is 0. The first kappa shape index (κ1) is 8.54. The van der Waals surface area contributed by atoms with Gasteiger partial charge in [0.15, 0.2) is 0 Å². The van der Waals surface area contributed by atoms with E-state index >= 15 is 0 Å². The fraction of sp³-hybridized carbons (Fsp3) is 0.455. The van der Waals surface area contributed by atoms with Gasteiger partial charge < -0.3 is 4.74 Å². The maximum Gasteiger partial charge on any atom is 0.130 e. The van der Waals surface area contributed by atoms with Gasteiger partial charge in [0.1, 0.15) is 11.6 Å². The van der Waals surface area contributed by atoms with Gasteiger partial charge in [-0.3, -0.25) is 0 Å². The van der Waals surface area contributed by atoms with Gasteiger partial charge in [-0.15, -0.1) is 0 Å². The summed E-state index contributed by atoms with van der Waals surface area (Å²) in [6.45, 7) is 1.94. The van der Waals surface area contributed by atoms with E-state index in [0.29, 0.717) is 18.1 Å². The minimum Gasteiger partial charge on any atom is -0.490 e. The van der Waals surface area contributed by atoms with Gasteiger partial charge >= 0.3 is 0 Å². The zero-order chi connectivity index (χ0) is 9.26. The molecular weight excluding hydrogens is 167 g/mol. The summed E-state index contributed by atoms with van der Waals surface area (Å²) < 4.78 is 18.8. The Morgan fingerprint density at radius 1 is 1.46 bits per heavy atom. The third-order valence-corrected chi connectivity index (χ3v) is 2.25. The number of hydrogen-bond donors (Lipinski definition) is 0. The number of hydrogen-bond acceptors (Lipinski definition) is 1. The highest BCUT2D eigenvalue weighted by Crippen LogP contribution is 2.30. The Hall–Kier alpha value is -1.05. The maximum atomic E-state index is 13.2. The van der Waals surface area contributed by atoms with Gasteiger partial charge in [-0.1, -0.05) is 13.0 Å². The van der Waals surface area contributed by atoms with Crippen LogP contribution in [0.1, 0.15) is 25.3 Å². The molecule has 1 aliphatic rings. The molecule has 0 unspecified atom stereocenters. The van der Waals surface area contributed by atoms with Crippen molar-refractivity contribution in [3.8, 4) is 5.75 Å². The van der Waals surface area contributed by atoms with E-state index in [0.717, 1.165) is 18.6 Å². The number of halogens is 1. The first-order chi connectivity index (χ1) is 6.31. The van der Waals surface area contributed by atoms with E-state index in [4.69, 9.17) is 4.74 Å². The Balaban J connectivity index is 2.25. The average Bonchev–Trinajstić information content (AvgIpc) is 2.89. The molecule has 0 aliphatic heterocycles. The molecule has 0 heterocycles. The molecule has 13 heavy (non-hydrogen) atoms. The molecule has 1 nitrogen and oxygen atoms in total. The van der Waals surface area contributed by atoms with Crippen LogP contribution in [0.5, 0.6) is 5.75 Å². The third kappa shape index (κ3) is 1.82. The van der Waals surface area contributed by atoms with Crippen LogP contribution in [-0.2, 0) is 6.42 Å². The van der Waals surface area contributed by atoms with Crippen LogP contribution < -0.4 is 4.74 Å². The van der Waals surface area contributed by atoms with Crippen molar-refractivity contribution in [2.24, 2.45) is 0 Å². The first-order valence-corrected chi connectivity index (χ1v) is 4.75. The fourth-order valence-electron chi connectivity index (χ4n) is 1.36.